The number of benzene rings is 1. The molecule has 1 aromatic rings. The van der Waals surface area contributed by atoms with Crippen LogP contribution in [0.3, 0.4) is 0 Å². The largest absolute Gasteiger partial charge is 0.377 e. The van der Waals surface area contributed by atoms with Gasteiger partial charge in [0.05, 0.1) is 12.7 Å². The van der Waals surface area contributed by atoms with Gasteiger partial charge in [0.25, 0.3) is 5.91 Å². The summed E-state index contributed by atoms with van der Waals surface area (Å²) in [5, 5.41) is 2.81. The van der Waals surface area contributed by atoms with Crippen LogP contribution in [-0.2, 0) is 4.74 Å². The van der Waals surface area contributed by atoms with E-state index in [1.165, 1.54) is 0 Å². The van der Waals surface area contributed by atoms with Gasteiger partial charge < -0.3 is 10.1 Å². The van der Waals surface area contributed by atoms with Crippen LogP contribution in [-0.4, -0.2) is 25.2 Å². The number of ether oxygens (including phenoxy) is 1. The molecule has 0 saturated carbocycles. The van der Waals surface area contributed by atoms with E-state index in [1.54, 1.807) is 6.07 Å². The van der Waals surface area contributed by atoms with Crippen molar-refractivity contribution >= 4 is 28.5 Å². The molecule has 0 heterocycles. The Labute approximate surface area is 110 Å². The normalized spacial score (nSPS) is 10.5. The molecule has 0 bridgehead atoms. The van der Waals surface area contributed by atoms with Gasteiger partial charge >= 0.3 is 0 Å². The summed E-state index contributed by atoms with van der Waals surface area (Å²) in [7, 11) is 0. The lowest BCUT2D eigenvalue weighted by Gasteiger charge is -2.08. The number of hydrogen-bond donors (Lipinski definition) is 1. The van der Waals surface area contributed by atoms with Crippen molar-refractivity contribution in [2.75, 3.05) is 13.2 Å². The molecule has 16 heavy (non-hydrogen) atoms. The minimum absolute atomic E-state index is 0.0501. The first kappa shape index (κ1) is 13.4. The van der Waals surface area contributed by atoms with Crippen LogP contribution >= 0.6 is 22.6 Å². The molecule has 0 aliphatic carbocycles. The Morgan fingerprint density at radius 2 is 2.25 bits per heavy atom. The molecule has 0 aliphatic heterocycles. The molecular formula is C12H16INO2. The zero-order chi connectivity index (χ0) is 12.0. The Bertz CT molecular complexity index is 353. The Morgan fingerprint density at radius 3 is 2.88 bits per heavy atom. The van der Waals surface area contributed by atoms with Gasteiger partial charge in [-0.25, -0.2) is 0 Å². The van der Waals surface area contributed by atoms with Crippen LogP contribution in [0.1, 0.15) is 24.2 Å². The molecule has 1 amide bonds. The summed E-state index contributed by atoms with van der Waals surface area (Å²) in [5.74, 6) is -0.0501. The second-order valence-corrected chi connectivity index (χ2v) is 4.93. The van der Waals surface area contributed by atoms with Gasteiger partial charge in [-0.2, -0.15) is 0 Å². The fraction of sp³-hybridized carbons (Fsp3) is 0.417. The van der Waals surface area contributed by atoms with Gasteiger partial charge in [0, 0.05) is 15.7 Å². The first-order valence-corrected chi connectivity index (χ1v) is 6.33. The number of hydrogen-bond acceptors (Lipinski definition) is 2. The lowest BCUT2D eigenvalue weighted by atomic mass is 10.2. The SMILES string of the molecule is CC(C)OCCNC(=O)c1cccc(I)c1. The van der Waals surface area contributed by atoms with Crippen LogP contribution in [0, 0.1) is 3.57 Å². The van der Waals surface area contributed by atoms with Gasteiger partial charge in [-0.1, -0.05) is 6.07 Å². The van der Waals surface area contributed by atoms with E-state index in [4.69, 9.17) is 4.74 Å². The maximum atomic E-state index is 11.7. The number of rotatable bonds is 5. The number of halogens is 1. The van der Waals surface area contributed by atoms with Crippen molar-refractivity contribution in [3.63, 3.8) is 0 Å². The van der Waals surface area contributed by atoms with Crippen LogP contribution in [0.15, 0.2) is 24.3 Å². The third-order valence-corrected chi connectivity index (χ3v) is 2.60. The molecule has 88 valence electrons. The van der Waals surface area contributed by atoms with E-state index in [-0.39, 0.29) is 12.0 Å². The third-order valence-electron chi connectivity index (χ3n) is 1.93. The van der Waals surface area contributed by atoms with Crippen molar-refractivity contribution in [3.05, 3.63) is 33.4 Å². The summed E-state index contributed by atoms with van der Waals surface area (Å²) in [5.41, 5.74) is 0.691. The zero-order valence-electron chi connectivity index (χ0n) is 9.50. The maximum absolute atomic E-state index is 11.7. The monoisotopic (exact) mass is 333 g/mol. The van der Waals surface area contributed by atoms with Gasteiger partial charge in [0.15, 0.2) is 0 Å². The van der Waals surface area contributed by atoms with E-state index in [0.29, 0.717) is 18.7 Å². The highest BCUT2D eigenvalue weighted by molar-refractivity contribution is 14.1. The fourth-order valence-electron chi connectivity index (χ4n) is 1.19. The standard InChI is InChI=1S/C12H16INO2/c1-9(2)16-7-6-14-12(15)10-4-3-5-11(13)8-10/h3-5,8-9H,6-7H2,1-2H3,(H,14,15). The third kappa shape index (κ3) is 4.94. The molecule has 0 aliphatic rings. The summed E-state index contributed by atoms with van der Waals surface area (Å²) in [4.78, 5) is 11.7. The van der Waals surface area contributed by atoms with Gasteiger partial charge in [-0.05, 0) is 54.6 Å². The van der Waals surface area contributed by atoms with Crippen molar-refractivity contribution < 1.29 is 9.53 Å². The molecule has 1 aromatic carbocycles. The highest BCUT2D eigenvalue weighted by Crippen LogP contribution is 2.07. The first-order valence-electron chi connectivity index (χ1n) is 5.25. The van der Waals surface area contributed by atoms with Gasteiger partial charge in [0.1, 0.15) is 0 Å². The summed E-state index contributed by atoms with van der Waals surface area (Å²) >= 11 is 2.19. The summed E-state index contributed by atoms with van der Waals surface area (Å²) in [6, 6.07) is 7.50. The fourth-order valence-corrected chi connectivity index (χ4v) is 1.73. The second kappa shape index (κ2) is 6.85. The van der Waals surface area contributed by atoms with E-state index in [0.717, 1.165) is 3.57 Å². The molecule has 0 spiro atoms. The molecule has 0 unspecified atom stereocenters. The second-order valence-electron chi connectivity index (χ2n) is 3.69. The predicted octanol–water partition coefficient (Wildman–Crippen LogP) is 2.45. The minimum atomic E-state index is -0.0501. The van der Waals surface area contributed by atoms with Crippen molar-refractivity contribution in [1.29, 1.82) is 0 Å². The van der Waals surface area contributed by atoms with E-state index in [2.05, 4.69) is 27.9 Å². The average molecular weight is 333 g/mol. The maximum Gasteiger partial charge on any atom is 0.251 e. The van der Waals surface area contributed by atoms with Crippen molar-refractivity contribution in [3.8, 4) is 0 Å². The highest BCUT2D eigenvalue weighted by Gasteiger charge is 2.04. The van der Waals surface area contributed by atoms with Crippen LogP contribution in [0.5, 0.6) is 0 Å². The van der Waals surface area contributed by atoms with Crippen LogP contribution in [0.2, 0.25) is 0 Å². The summed E-state index contributed by atoms with van der Waals surface area (Å²) in [6.45, 7) is 5.04. The van der Waals surface area contributed by atoms with Crippen LogP contribution in [0.4, 0.5) is 0 Å². The van der Waals surface area contributed by atoms with E-state index in [1.807, 2.05) is 32.0 Å². The number of nitrogens with one attached hydrogen (secondary N) is 1. The van der Waals surface area contributed by atoms with Crippen LogP contribution < -0.4 is 5.32 Å². The summed E-state index contributed by atoms with van der Waals surface area (Å²) in [6.07, 6.45) is 0.203. The molecule has 0 fully saturated rings. The van der Waals surface area contributed by atoms with Crippen molar-refractivity contribution in [1.82, 2.24) is 5.32 Å². The van der Waals surface area contributed by atoms with Gasteiger partial charge in [-0.15, -0.1) is 0 Å². The number of amides is 1. The summed E-state index contributed by atoms with van der Waals surface area (Å²) < 4.78 is 6.39. The van der Waals surface area contributed by atoms with E-state index >= 15 is 0 Å². The van der Waals surface area contributed by atoms with Crippen LogP contribution in [0.25, 0.3) is 0 Å². The Kier molecular flexibility index (Phi) is 5.76. The predicted molar refractivity (Wildman–Crippen MR) is 72.6 cm³/mol. The topological polar surface area (TPSA) is 38.3 Å². The zero-order valence-corrected chi connectivity index (χ0v) is 11.7. The Hall–Kier alpha value is -0.620. The van der Waals surface area contributed by atoms with Gasteiger partial charge in [-0.3, -0.25) is 4.79 Å². The van der Waals surface area contributed by atoms with Gasteiger partial charge in [0.2, 0.25) is 0 Å². The Balaban J connectivity index is 2.35. The number of carbonyl (C=O) groups excluding carboxylic acids is 1. The molecule has 0 aromatic heterocycles. The molecule has 3 nitrogen and oxygen atoms in total. The molecule has 0 saturated heterocycles. The van der Waals surface area contributed by atoms with Crippen molar-refractivity contribution in [2.45, 2.75) is 20.0 Å². The van der Waals surface area contributed by atoms with E-state index in [9.17, 15) is 4.79 Å². The lowest BCUT2D eigenvalue weighted by Crippen LogP contribution is -2.28. The molecule has 0 atom stereocenters. The smallest absolute Gasteiger partial charge is 0.251 e. The molecule has 1 rings (SSSR count). The average Bonchev–Trinajstić information content (AvgIpc) is 2.24. The first-order chi connectivity index (χ1) is 7.59. The number of carbonyl (C=O) groups is 1. The highest BCUT2D eigenvalue weighted by atomic mass is 127. The van der Waals surface area contributed by atoms with E-state index < -0.39 is 0 Å². The Morgan fingerprint density at radius 1 is 1.50 bits per heavy atom. The molecule has 0 radical (unpaired) electrons. The molecule has 1 N–H and O–H groups in total. The van der Waals surface area contributed by atoms with Crippen molar-refractivity contribution in [2.24, 2.45) is 0 Å². The quantitative estimate of drug-likeness (QED) is 0.664. The minimum Gasteiger partial charge on any atom is -0.377 e. The molecular weight excluding hydrogens is 317 g/mol. The lowest BCUT2D eigenvalue weighted by molar-refractivity contribution is 0.0746. The molecule has 4 heteroatoms.